The molecule has 1 aromatic heterocycles. The summed E-state index contributed by atoms with van der Waals surface area (Å²) in [5.74, 6) is 0. The van der Waals surface area contributed by atoms with E-state index >= 15 is 0 Å². The average molecular weight is 253 g/mol. The minimum absolute atomic E-state index is 0.356. The van der Waals surface area contributed by atoms with E-state index in [1.165, 1.54) is 22.3 Å². The zero-order valence-corrected chi connectivity index (χ0v) is 11.4. The monoisotopic (exact) mass is 253 g/mol. The van der Waals surface area contributed by atoms with Gasteiger partial charge in [-0.3, -0.25) is 4.98 Å². The molecule has 1 aliphatic heterocycles. The highest BCUT2D eigenvalue weighted by Crippen LogP contribution is 2.31. The van der Waals surface area contributed by atoms with Gasteiger partial charge in [0.05, 0.1) is 0 Å². The summed E-state index contributed by atoms with van der Waals surface area (Å²) in [6, 6.07) is 11.6. The SMILES string of the molecule is Cc1ccc(C2CC(c3ccncc3)NN2)cc1C. The molecule has 2 aromatic rings. The summed E-state index contributed by atoms with van der Waals surface area (Å²) in [6.45, 7) is 4.32. The lowest BCUT2D eigenvalue weighted by atomic mass is 9.96. The second kappa shape index (κ2) is 5.11. The van der Waals surface area contributed by atoms with E-state index in [4.69, 9.17) is 0 Å². The van der Waals surface area contributed by atoms with Crippen LogP contribution in [0, 0.1) is 13.8 Å². The maximum atomic E-state index is 4.07. The van der Waals surface area contributed by atoms with Crippen molar-refractivity contribution in [2.45, 2.75) is 32.4 Å². The molecule has 3 nitrogen and oxygen atoms in total. The molecule has 98 valence electrons. The van der Waals surface area contributed by atoms with E-state index in [0.717, 1.165) is 6.42 Å². The summed E-state index contributed by atoms with van der Waals surface area (Å²) in [4.78, 5) is 4.07. The number of nitrogens with zero attached hydrogens (tertiary/aromatic N) is 1. The molecule has 19 heavy (non-hydrogen) atoms. The molecule has 2 atom stereocenters. The first kappa shape index (κ1) is 12.3. The third kappa shape index (κ3) is 2.53. The van der Waals surface area contributed by atoms with E-state index < -0.39 is 0 Å². The van der Waals surface area contributed by atoms with Gasteiger partial charge in [-0.1, -0.05) is 18.2 Å². The van der Waals surface area contributed by atoms with Crippen molar-refractivity contribution in [2.24, 2.45) is 0 Å². The van der Waals surface area contributed by atoms with Gasteiger partial charge in [-0.2, -0.15) is 0 Å². The van der Waals surface area contributed by atoms with Crippen LogP contribution >= 0.6 is 0 Å². The van der Waals surface area contributed by atoms with E-state index in [2.05, 4.69) is 60.0 Å². The number of hydrogen-bond acceptors (Lipinski definition) is 3. The third-order valence-electron chi connectivity index (χ3n) is 3.95. The Bertz CT molecular complexity index is 565. The molecule has 2 heterocycles. The number of pyridine rings is 1. The molecule has 1 fully saturated rings. The van der Waals surface area contributed by atoms with Crippen LogP contribution in [0.5, 0.6) is 0 Å². The fraction of sp³-hybridized carbons (Fsp3) is 0.312. The number of rotatable bonds is 2. The van der Waals surface area contributed by atoms with Gasteiger partial charge in [0.2, 0.25) is 0 Å². The van der Waals surface area contributed by atoms with Gasteiger partial charge in [-0.05, 0) is 54.7 Å². The van der Waals surface area contributed by atoms with Crippen molar-refractivity contribution in [1.29, 1.82) is 0 Å². The molecule has 3 heteroatoms. The molecule has 1 aromatic carbocycles. The van der Waals surface area contributed by atoms with Crippen LogP contribution in [0.2, 0.25) is 0 Å². The van der Waals surface area contributed by atoms with Gasteiger partial charge in [0, 0.05) is 24.5 Å². The molecule has 0 radical (unpaired) electrons. The van der Waals surface area contributed by atoms with Crippen molar-refractivity contribution in [2.75, 3.05) is 0 Å². The Morgan fingerprint density at radius 3 is 2.26 bits per heavy atom. The van der Waals surface area contributed by atoms with Crippen LogP contribution in [-0.2, 0) is 0 Å². The van der Waals surface area contributed by atoms with Crippen molar-refractivity contribution in [3.8, 4) is 0 Å². The van der Waals surface area contributed by atoms with Gasteiger partial charge in [0.1, 0.15) is 0 Å². The first-order valence-electron chi connectivity index (χ1n) is 6.72. The van der Waals surface area contributed by atoms with Gasteiger partial charge >= 0.3 is 0 Å². The molecule has 1 saturated heterocycles. The number of aromatic nitrogens is 1. The lowest BCUT2D eigenvalue weighted by Crippen LogP contribution is -2.26. The highest BCUT2D eigenvalue weighted by Gasteiger charge is 2.26. The largest absolute Gasteiger partial charge is 0.265 e. The van der Waals surface area contributed by atoms with E-state index in [9.17, 15) is 0 Å². The van der Waals surface area contributed by atoms with E-state index in [1.54, 1.807) is 0 Å². The Morgan fingerprint density at radius 1 is 0.895 bits per heavy atom. The first-order valence-corrected chi connectivity index (χ1v) is 6.72. The summed E-state index contributed by atoms with van der Waals surface area (Å²) in [7, 11) is 0. The molecular formula is C16H19N3. The predicted octanol–water partition coefficient (Wildman–Crippen LogP) is 2.98. The fourth-order valence-electron chi connectivity index (χ4n) is 2.57. The molecule has 3 rings (SSSR count). The highest BCUT2D eigenvalue weighted by molar-refractivity contribution is 5.32. The Hall–Kier alpha value is -1.71. The lowest BCUT2D eigenvalue weighted by molar-refractivity contribution is 0.554. The van der Waals surface area contributed by atoms with Crippen LogP contribution in [0.3, 0.4) is 0 Å². The summed E-state index contributed by atoms with van der Waals surface area (Å²) in [5, 5.41) is 0. The highest BCUT2D eigenvalue weighted by atomic mass is 15.4. The third-order valence-corrected chi connectivity index (χ3v) is 3.95. The molecular weight excluding hydrogens is 234 g/mol. The average Bonchev–Trinajstić information content (AvgIpc) is 2.93. The van der Waals surface area contributed by atoms with Crippen molar-refractivity contribution in [3.05, 3.63) is 65.0 Å². The quantitative estimate of drug-likeness (QED) is 0.864. The normalized spacial score (nSPS) is 22.6. The van der Waals surface area contributed by atoms with Crippen LogP contribution < -0.4 is 10.9 Å². The number of hydrazine groups is 1. The molecule has 2 unspecified atom stereocenters. The van der Waals surface area contributed by atoms with Crippen molar-refractivity contribution in [1.82, 2.24) is 15.8 Å². The van der Waals surface area contributed by atoms with Crippen LogP contribution in [0.15, 0.2) is 42.7 Å². The zero-order valence-electron chi connectivity index (χ0n) is 11.4. The minimum atomic E-state index is 0.356. The maximum Gasteiger partial charge on any atom is 0.0482 e. The predicted molar refractivity (Wildman–Crippen MR) is 76.5 cm³/mol. The molecule has 0 spiro atoms. The summed E-state index contributed by atoms with van der Waals surface area (Å²) in [6.07, 6.45) is 4.76. The number of aryl methyl sites for hydroxylation is 2. The minimum Gasteiger partial charge on any atom is -0.265 e. The summed E-state index contributed by atoms with van der Waals surface area (Å²) >= 11 is 0. The van der Waals surface area contributed by atoms with Gasteiger partial charge in [-0.15, -0.1) is 0 Å². The van der Waals surface area contributed by atoms with Crippen LogP contribution in [-0.4, -0.2) is 4.98 Å². The Labute approximate surface area is 114 Å². The number of nitrogens with one attached hydrogen (secondary N) is 2. The van der Waals surface area contributed by atoms with Crippen LogP contribution in [0.25, 0.3) is 0 Å². The van der Waals surface area contributed by atoms with Gasteiger partial charge in [-0.25, -0.2) is 10.9 Å². The second-order valence-corrected chi connectivity index (χ2v) is 5.25. The van der Waals surface area contributed by atoms with E-state index in [-0.39, 0.29) is 0 Å². The number of benzene rings is 1. The molecule has 0 amide bonds. The van der Waals surface area contributed by atoms with Crippen molar-refractivity contribution >= 4 is 0 Å². The second-order valence-electron chi connectivity index (χ2n) is 5.25. The topological polar surface area (TPSA) is 37.0 Å². The standard InChI is InChI=1S/C16H19N3/c1-11-3-4-14(9-12(11)2)16-10-15(18-19-16)13-5-7-17-8-6-13/h3-9,15-16,18-19H,10H2,1-2H3. The van der Waals surface area contributed by atoms with Crippen LogP contribution in [0.1, 0.15) is 40.8 Å². The van der Waals surface area contributed by atoms with Crippen LogP contribution in [0.4, 0.5) is 0 Å². The molecule has 0 saturated carbocycles. The molecule has 0 aliphatic carbocycles. The number of hydrogen-bond donors (Lipinski definition) is 2. The zero-order chi connectivity index (χ0) is 13.2. The Morgan fingerprint density at radius 2 is 1.58 bits per heavy atom. The van der Waals surface area contributed by atoms with E-state index in [1.807, 2.05) is 12.4 Å². The maximum absolute atomic E-state index is 4.07. The smallest absolute Gasteiger partial charge is 0.0482 e. The van der Waals surface area contributed by atoms with Gasteiger partial charge in [0.25, 0.3) is 0 Å². The van der Waals surface area contributed by atoms with Crippen molar-refractivity contribution in [3.63, 3.8) is 0 Å². The van der Waals surface area contributed by atoms with E-state index in [0.29, 0.717) is 12.1 Å². The molecule has 0 bridgehead atoms. The Balaban J connectivity index is 1.77. The molecule has 2 N–H and O–H groups in total. The fourth-order valence-corrected chi connectivity index (χ4v) is 2.57. The van der Waals surface area contributed by atoms with Gasteiger partial charge < -0.3 is 0 Å². The van der Waals surface area contributed by atoms with Crippen molar-refractivity contribution < 1.29 is 0 Å². The van der Waals surface area contributed by atoms with Gasteiger partial charge in [0.15, 0.2) is 0 Å². The first-order chi connectivity index (χ1) is 9.24. The lowest BCUT2D eigenvalue weighted by Gasteiger charge is -2.12. The Kier molecular flexibility index (Phi) is 3.32. The summed E-state index contributed by atoms with van der Waals surface area (Å²) in [5.41, 5.74) is 12.1. The summed E-state index contributed by atoms with van der Waals surface area (Å²) < 4.78 is 0. The molecule has 1 aliphatic rings.